The minimum atomic E-state index is 0.0182. The molecule has 5 N–H and O–H groups in total. The third-order valence-corrected chi connectivity index (χ3v) is 6.75. The number of nitrogens with zero attached hydrogens (tertiary/aromatic N) is 4. The molecule has 2 aliphatic rings. The average molecular weight is 407 g/mol. The molecule has 3 aromatic rings. The Morgan fingerprint density at radius 3 is 2.73 bits per heavy atom. The highest BCUT2D eigenvalue weighted by atomic mass is 16.3. The molecule has 1 aromatic carbocycles. The van der Waals surface area contributed by atoms with E-state index >= 15 is 0 Å². The molecule has 1 fully saturated rings. The Balaban J connectivity index is 1.48. The lowest BCUT2D eigenvalue weighted by molar-refractivity contribution is 0.270. The second kappa shape index (κ2) is 7.80. The fourth-order valence-electron chi connectivity index (χ4n) is 5.26. The normalized spacial score (nSPS) is 21.1. The molecule has 1 saturated carbocycles. The van der Waals surface area contributed by atoms with Gasteiger partial charge in [-0.15, -0.1) is 0 Å². The van der Waals surface area contributed by atoms with E-state index in [1.54, 1.807) is 4.68 Å². The summed E-state index contributed by atoms with van der Waals surface area (Å²) in [7, 11) is 0. The Hall–Kier alpha value is -2.80. The summed E-state index contributed by atoms with van der Waals surface area (Å²) in [6.07, 6.45) is 7.97. The number of nitrogen functional groups attached to an aromatic ring is 2. The maximum atomic E-state index is 9.21. The predicted molar refractivity (Wildman–Crippen MR) is 118 cm³/mol. The number of aromatic nitrogens is 4. The van der Waals surface area contributed by atoms with Crippen LogP contribution >= 0.6 is 0 Å². The number of aliphatic hydroxyl groups is 1. The third kappa shape index (κ3) is 3.27. The van der Waals surface area contributed by atoms with Gasteiger partial charge in [-0.05, 0) is 43.7 Å². The second-order valence-electron chi connectivity index (χ2n) is 8.59. The smallest absolute Gasteiger partial charge is 0.125 e. The van der Waals surface area contributed by atoms with Crippen molar-refractivity contribution >= 4 is 11.6 Å². The molecule has 158 valence electrons. The Bertz CT molecular complexity index is 1050. The number of anilines is 2. The zero-order chi connectivity index (χ0) is 20.7. The highest BCUT2D eigenvalue weighted by molar-refractivity contribution is 5.63. The summed E-state index contributed by atoms with van der Waals surface area (Å²) in [6.45, 7) is 0.420. The fourth-order valence-corrected chi connectivity index (χ4v) is 5.26. The fraction of sp³-hybridized carbons (Fsp3) is 0.478. The average Bonchev–Trinajstić information content (AvgIpc) is 3.46. The van der Waals surface area contributed by atoms with Gasteiger partial charge >= 0.3 is 0 Å². The quantitative estimate of drug-likeness (QED) is 0.602. The Kier molecular flexibility index (Phi) is 4.98. The van der Waals surface area contributed by atoms with Gasteiger partial charge in [0.1, 0.15) is 11.6 Å². The van der Waals surface area contributed by atoms with Crippen LogP contribution in [0.5, 0.6) is 0 Å². The molecule has 0 spiro atoms. The van der Waals surface area contributed by atoms with Crippen molar-refractivity contribution in [3.8, 4) is 11.3 Å². The molecule has 2 atom stereocenters. The number of nitrogens with two attached hydrogens (primary N) is 2. The van der Waals surface area contributed by atoms with Crippen LogP contribution in [-0.4, -0.2) is 31.3 Å². The van der Waals surface area contributed by atoms with Crippen LogP contribution in [-0.2, 0) is 19.4 Å². The molecule has 0 radical (unpaired) electrons. The van der Waals surface area contributed by atoms with Crippen molar-refractivity contribution in [2.75, 3.05) is 18.1 Å². The minimum Gasteiger partial charge on any atom is -0.394 e. The van der Waals surface area contributed by atoms with Crippen molar-refractivity contribution in [2.45, 2.75) is 63.5 Å². The molecule has 5 rings (SSSR count). The number of benzene rings is 1. The van der Waals surface area contributed by atoms with Crippen LogP contribution in [0.15, 0.2) is 30.3 Å². The zero-order valence-electron chi connectivity index (χ0n) is 17.3. The molecule has 0 amide bonds. The van der Waals surface area contributed by atoms with E-state index in [-0.39, 0.29) is 6.61 Å². The van der Waals surface area contributed by atoms with Gasteiger partial charge in [-0.1, -0.05) is 31.0 Å². The van der Waals surface area contributed by atoms with Crippen LogP contribution in [0.3, 0.4) is 0 Å². The first-order valence-electron chi connectivity index (χ1n) is 11.1. The van der Waals surface area contributed by atoms with E-state index in [4.69, 9.17) is 16.6 Å². The van der Waals surface area contributed by atoms with Crippen molar-refractivity contribution in [1.82, 2.24) is 19.6 Å². The number of fused-ring (bicyclic) bond motifs is 1. The Labute approximate surface area is 176 Å². The van der Waals surface area contributed by atoms with E-state index < -0.39 is 0 Å². The molecule has 0 saturated heterocycles. The van der Waals surface area contributed by atoms with E-state index in [2.05, 4.69) is 34.0 Å². The van der Waals surface area contributed by atoms with E-state index in [9.17, 15) is 5.11 Å². The minimum absolute atomic E-state index is 0.0182. The summed E-state index contributed by atoms with van der Waals surface area (Å²) in [4.78, 5) is 0. The maximum absolute atomic E-state index is 9.21. The van der Waals surface area contributed by atoms with Crippen molar-refractivity contribution in [1.29, 1.82) is 0 Å². The van der Waals surface area contributed by atoms with Crippen molar-refractivity contribution in [2.24, 2.45) is 0 Å². The molecule has 0 bridgehead atoms. The summed E-state index contributed by atoms with van der Waals surface area (Å²) < 4.78 is 3.78. The van der Waals surface area contributed by atoms with Gasteiger partial charge in [0.2, 0.25) is 0 Å². The lowest BCUT2D eigenvalue weighted by Gasteiger charge is -2.33. The second-order valence-corrected chi connectivity index (χ2v) is 8.59. The van der Waals surface area contributed by atoms with Gasteiger partial charge in [0.05, 0.1) is 30.6 Å². The van der Waals surface area contributed by atoms with Crippen LogP contribution < -0.4 is 11.5 Å². The number of rotatable bonds is 5. The molecule has 0 aliphatic heterocycles. The van der Waals surface area contributed by atoms with Gasteiger partial charge in [0.25, 0.3) is 0 Å². The first-order valence-corrected chi connectivity index (χ1v) is 11.1. The van der Waals surface area contributed by atoms with Crippen molar-refractivity contribution in [3.63, 3.8) is 0 Å². The molecule has 30 heavy (non-hydrogen) atoms. The summed E-state index contributed by atoms with van der Waals surface area (Å²) >= 11 is 0. The van der Waals surface area contributed by atoms with Crippen LogP contribution in [0.25, 0.3) is 11.3 Å². The summed E-state index contributed by atoms with van der Waals surface area (Å²) in [5.74, 6) is 1.84. The molecule has 7 nitrogen and oxygen atoms in total. The zero-order valence-corrected chi connectivity index (χ0v) is 17.3. The van der Waals surface area contributed by atoms with Gasteiger partial charge in [0, 0.05) is 23.1 Å². The largest absolute Gasteiger partial charge is 0.394 e. The summed E-state index contributed by atoms with van der Waals surface area (Å²) in [6, 6.07) is 10.8. The van der Waals surface area contributed by atoms with Gasteiger partial charge in [0.15, 0.2) is 0 Å². The van der Waals surface area contributed by atoms with Gasteiger partial charge in [-0.3, -0.25) is 0 Å². The number of aryl methyl sites for hydroxylation is 1. The van der Waals surface area contributed by atoms with E-state index in [1.165, 1.54) is 36.1 Å². The van der Waals surface area contributed by atoms with Gasteiger partial charge < -0.3 is 16.6 Å². The van der Waals surface area contributed by atoms with Crippen molar-refractivity contribution < 1.29 is 5.11 Å². The van der Waals surface area contributed by atoms with Gasteiger partial charge in [-0.25, -0.2) is 9.36 Å². The van der Waals surface area contributed by atoms with E-state index in [0.717, 1.165) is 42.8 Å². The topological polar surface area (TPSA) is 108 Å². The number of hydrogen-bond donors (Lipinski definition) is 3. The molecule has 2 unspecified atom stereocenters. The van der Waals surface area contributed by atoms with Crippen LogP contribution in [0.4, 0.5) is 11.6 Å². The standard InChI is InChI=1S/C23H30N6O/c24-22-14-20(26-28(22)11-12-30)16-6-3-5-15(13-16)17-7-1-2-10-21(17)29-23(25)18-8-4-9-19(18)27-29/h3,5-6,13-14,17,21,30H,1-2,4,7-12,24-25H2. The Morgan fingerprint density at radius 1 is 1.03 bits per heavy atom. The SMILES string of the molecule is Nc1cc(-c2cccc(C3CCCCC3n3nc4c(c3N)CCC4)c2)nn1CCO. The number of aliphatic hydroxyl groups excluding tert-OH is 1. The predicted octanol–water partition coefficient (Wildman–Crippen LogP) is 3.29. The van der Waals surface area contributed by atoms with Crippen molar-refractivity contribution in [3.05, 3.63) is 47.2 Å². The lowest BCUT2D eigenvalue weighted by Crippen LogP contribution is -2.24. The molecule has 2 aliphatic carbocycles. The lowest BCUT2D eigenvalue weighted by atomic mass is 9.79. The summed E-state index contributed by atoms with van der Waals surface area (Å²) in [5, 5.41) is 18.7. The first-order chi connectivity index (χ1) is 14.7. The number of hydrogen-bond acceptors (Lipinski definition) is 5. The van der Waals surface area contributed by atoms with Crippen LogP contribution in [0.2, 0.25) is 0 Å². The summed E-state index contributed by atoms with van der Waals surface area (Å²) in [5.41, 5.74) is 18.3. The van der Waals surface area contributed by atoms with Crippen LogP contribution in [0.1, 0.15) is 60.9 Å². The monoisotopic (exact) mass is 406 g/mol. The van der Waals surface area contributed by atoms with Crippen LogP contribution in [0, 0.1) is 0 Å². The van der Waals surface area contributed by atoms with Gasteiger partial charge in [-0.2, -0.15) is 10.2 Å². The molecule has 2 aromatic heterocycles. The van der Waals surface area contributed by atoms with E-state index in [1.807, 2.05) is 6.07 Å². The molecular formula is C23H30N6O. The Morgan fingerprint density at radius 2 is 1.90 bits per heavy atom. The molecule has 7 heteroatoms. The molecule has 2 heterocycles. The molecular weight excluding hydrogens is 376 g/mol. The highest BCUT2D eigenvalue weighted by Gasteiger charge is 2.32. The first kappa shape index (κ1) is 19.2. The maximum Gasteiger partial charge on any atom is 0.125 e. The van der Waals surface area contributed by atoms with E-state index in [0.29, 0.717) is 24.3 Å². The highest BCUT2D eigenvalue weighted by Crippen LogP contribution is 2.44. The third-order valence-electron chi connectivity index (χ3n) is 6.75.